The zero-order valence-electron chi connectivity index (χ0n) is 36.8. The molecule has 11 N–H and O–H groups in total. The van der Waals surface area contributed by atoms with Crippen molar-refractivity contribution in [3.63, 3.8) is 0 Å². The standard InChI is InChI=1S/C43H66N6O7.C2HF3O2/c1-5-29(4)37(41(52)47-35(43(54)55)26-28(2)3)49-40(51)34(27-30-19-21-31(50)22-20-30)46-42(53)39-33(16-11-7-6-8-12-23-44)32-17-15-18-36(38(32)48-39)56-25-14-10-9-13-24-45;3-2(4,5)1(6)7/h15,17-22,28-29,34-35,37,48,50H,5-14,16,23-27,44-45H2,1-4H3,(H,46,53)(H,47,52)(H,49,51)(H,54,55);(H,6,7)/t29-,34-,35-,37-;/m0./s1. The molecule has 4 atom stereocenters. The van der Waals surface area contributed by atoms with E-state index in [1.807, 2.05) is 45.9 Å². The first-order valence-electron chi connectivity index (χ1n) is 21.7. The van der Waals surface area contributed by atoms with Crippen molar-refractivity contribution in [2.45, 2.75) is 135 Å². The number of ether oxygens (including phenoxy) is 1. The molecule has 0 saturated carbocycles. The van der Waals surface area contributed by atoms with Gasteiger partial charge < -0.3 is 52.5 Å². The van der Waals surface area contributed by atoms with Gasteiger partial charge in [0.1, 0.15) is 35.3 Å². The molecule has 18 heteroatoms. The highest BCUT2D eigenvalue weighted by molar-refractivity contribution is 6.04. The van der Waals surface area contributed by atoms with Gasteiger partial charge in [0.05, 0.1) is 12.1 Å². The first kappa shape index (κ1) is 53.8. The molecule has 3 aromatic rings. The van der Waals surface area contributed by atoms with Gasteiger partial charge in [-0.05, 0) is 92.8 Å². The fourth-order valence-corrected chi connectivity index (χ4v) is 6.80. The molecule has 1 heterocycles. The highest BCUT2D eigenvalue weighted by atomic mass is 19.4. The van der Waals surface area contributed by atoms with Crippen LogP contribution in [0.5, 0.6) is 11.5 Å². The van der Waals surface area contributed by atoms with Gasteiger partial charge in [0, 0.05) is 11.8 Å². The number of benzene rings is 2. The summed E-state index contributed by atoms with van der Waals surface area (Å²) in [4.78, 5) is 66.5. The molecular formula is C45H67F3N6O9. The number of phenols is 1. The van der Waals surface area contributed by atoms with Gasteiger partial charge in [0.2, 0.25) is 11.8 Å². The van der Waals surface area contributed by atoms with Gasteiger partial charge in [0.15, 0.2) is 0 Å². The minimum Gasteiger partial charge on any atom is -0.508 e. The lowest BCUT2D eigenvalue weighted by atomic mass is 9.96. The second kappa shape index (κ2) is 27.6. The van der Waals surface area contributed by atoms with Gasteiger partial charge >= 0.3 is 18.1 Å². The maximum absolute atomic E-state index is 14.4. The summed E-state index contributed by atoms with van der Waals surface area (Å²) < 4.78 is 38.0. The molecule has 0 saturated heterocycles. The number of nitrogens with one attached hydrogen (secondary N) is 4. The van der Waals surface area contributed by atoms with Gasteiger partial charge in [-0.25, -0.2) is 9.59 Å². The molecule has 0 bridgehead atoms. The number of hydrogen-bond donors (Lipinski definition) is 9. The summed E-state index contributed by atoms with van der Waals surface area (Å²) in [6.45, 7) is 9.27. The molecule has 0 spiro atoms. The van der Waals surface area contributed by atoms with Crippen LogP contribution < -0.4 is 32.2 Å². The second-order valence-electron chi connectivity index (χ2n) is 16.1. The number of fused-ring (bicyclic) bond motifs is 1. The Balaban J connectivity index is 0.00000179. The van der Waals surface area contributed by atoms with Crippen molar-refractivity contribution in [2.24, 2.45) is 23.3 Å². The number of para-hydroxylation sites is 1. The highest BCUT2D eigenvalue weighted by Crippen LogP contribution is 2.32. The zero-order valence-corrected chi connectivity index (χ0v) is 36.8. The van der Waals surface area contributed by atoms with Crippen LogP contribution in [0.15, 0.2) is 42.5 Å². The van der Waals surface area contributed by atoms with E-state index in [1.165, 1.54) is 12.1 Å². The lowest BCUT2D eigenvalue weighted by molar-refractivity contribution is -0.192. The average molecular weight is 893 g/mol. The molecule has 3 amide bonds. The van der Waals surface area contributed by atoms with Crippen LogP contribution in [-0.4, -0.2) is 94.0 Å². The normalized spacial score (nSPS) is 13.3. The van der Waals surface area contributed by atoms with E-state index in [-0.39, 0.29) is 30.4 Å². The smallest absolute Gasteiger partial charge is 0.490 e. The van der Waals surface area contributed by atoms with Crippen LogP contribution in [0, 0.1) is 11.8 Å². The third-order valence-corrected chi connectivity index (χ3v) is 10.5. The van der Waals surface area contributed by atoms with Gasteiger partial charge in [0.25, 0.3) is 5.91 Å². The molecule has 1 aromatic heterocycles. The Morgan fingerprint density at radius 3 is 1.92 bits per heavy atom. The fourth-order valence-electron chi connectivity index (χ4n) is 6.80. The van der Waals surface area contributed by atoms with Crippen molar-refractivity contribution in [3.05, 3.63) is 59.3 Å². The predicted octanol–water partition coefficient (Wildman–Crippen LogP) is 6.34. The Hall–Kier alpha value is -5.36. The monoisotopic (exact) mass is 892 g/mol. The minimum atomic E-state index is -5.08. The Labute approximate surface area is 367 Å². The van der Waals surface area contributed by atoms with E-state index in [4.69, 9.17) is 26.1 Å². The number of halogens is 3. The zero-order chi connectivity index (χ0) is 47.1. The largest absolute Gasteiger partial charge is 0.508 e. The molecule has 0 aliphatic rings. The molecule has 352 valence electrons. The third-order valence-electron chi connectivity index (χ3n) is 10.5. The maximum atomic E-state index is 14.4. The number of aliphatic carboxylic acids is 2. The van der Waals surface area contributed by atoms with E-state index >= 15 is 0 Å². The average Bonchev–Trinajstić information content (AvgIpc) is 3.61. The number of carbonyl (C=O) groups excluding carboxylic acids is 3. The minimum absolute atomic E-state index is 0.0118. The van der Waals surface area contributed by atoms with E-state index < -0.39 is 54.0 Å². The molecular weight excluding hydrogens is 826 g/mol. The van der Waals surface area contributed by atoms with Crippen molar-refractivity contribution in [2.75, 3.05) is 19.7 Å². The molecule has 3 rings (SSSR count). The summed E-state index contributed by atoms with van der Waals surface area (Å²) in [5, 5.41) is 36.2. The number of rotatable bonds is 27. The van der Waals surface area contributed by atoms with Gasteiger partial charge in [-0.2, -0.15) is 13.2 Å². The summed E-state index contributed by atoms with van der Waals surface area (Å²) >= 11 is 0. The van der Waals surface area contributed by atoms with Crippen LogP contribution in [0.4, 0.5) is 13.2 Å². The summed E-state index contributed by atoms with van der Waals surface area (Å²) in [7, 11) is 0. The summed E-state index contributed by atoms with van der Waals surface area (Å²) in [5.74, 6) is -5.24. The van der Waals surface area contributed by atoms with Crippen LogP contribution in [0.25, 0.3) is 10.9 Å². The quantitative estimate of drug-likeness (QED) is 0.0381. The molecule has 0 radical (unpaired) electrons. The number of amides is 3. The molecule has 0 aliphatic carbocycles. The Bertz CT molecular complexity index is 1890. The summed E-state index contributed by atoms with van der Waals surface area (Å²) in [5.41, 5.74) is 13.9. The summed E-state index contributed by atoms with van der Waals surface area (Å²) in [6, 6.07) is 8.82. The van der Waals surface area contributed by atoms with Crippen LogP contribution in [-0.2, 0) is 32.0 Å². The highest BCUT2D eigenvalue weighted by Gasteiger charge is 2.38. The number of phenolic OH excluding ortho intramolecular Hbond substituents is 1. The van der Waals surface area contributed by atoms with Gasteiger partial charge in [-0.15, -0.1) is 0 Å². The molecule has 2 aromatic carbocycles. The van der Waals surface area contributed by atoms with Crippen LogP contribution >= 0.6 is 0 Å². The topological polar surface area (TPSA) is 259 Å². The van der Waals surface area contributed by atoms with Crippen LogP contribution in [0.3, 0.4) is 0 Å². The first-order valence-corrected chi connectivity index (χ1v) is 21.7. The van der Waals surface area contributed by atoms with Crippen molar-refractivity contribution in [1.82, 2.24) is 20.9 Å². The number of aryl methyl sites for hydroxylation is 1. The lowest BCUT2D eigenvalue weighted by Gasteiger charge is -2.28. The molecule has 63 heavy (non-hydrogen) atoms. The Kier molecular flexibility index (Phi) is 23.6. The van der Waals surface area contributed by atoms with Crippen molar-refractivity contribution >= 4 is 40.6 Å². The fraction of sp³-hybridized carbons (Fsp3) is 0.578. The number of carboxylic acids is 2. The van der Waals surface area contributed by atoms with E-state index in [2.05, 4.69) is 20.9 Å². The lowest BCUT2D eigenvalue weighted by Crippen LogP contribution is -2.58. The molecule has 0 unspecified atom stereocenters. The molecule has 0 fully saturated rings. The number of aromatic amines is 1. The van der Waals surface area contributed by atoms with Crippen molar-refractivity contribution in [1.29, 1.82) is 0 Å². The number of H-pyrrole nitrogens is 1. The van der Waals surface area contributed by atoms with E-state index in [9.17, 15) is 42.6 Å². The number of hydrogen-bond acceptors (Lipinski definition) is 9. The molecule has 15 nitrogen and oxygen atoms in total. The predicted molar refractivity (Wildman–Crippen MR) is 234 cm³/mol. The number of unbranched alkanes of at least 4 members (excludes halogenated alkanes) is 7. The number of aromatic nitrogens is 1. The number of alkyl halides is 3. The summed E-state index contributed by atoms with van der Waals surface area (Å²) in [6.07, 6.45) is 5.10. The SMILES string of the molecule is CC[C@H](C)[C@H](NC(=O)[C@H](Cc1ccc(O)cc1)NC(=O)c1[nH]c2c(OCCCCCCN)cccc2c1CCCCCCCN)C(=O)N[C@@H](CC(C)C)C(=O)O.O=C(O)C(F)(F)F. The van der Waals surface area contributed by atoms with Crippen molar-refractivity contribution < 1.29 is 57.2 Å². The van der Waals surface area contributed by atoms with Crippen molar-refractivity contribution in [3.8, 4) is 11.5 Å². The van der Waals surface area contributed by atoms with Gasteiger partial charge in [-0.3, -0.25) is 14.4 Å². The number of carbonyl (C=O) groups is 5. The maximum Gasteiger partial charge on any atom is 0.490 e. The second-order valence-corrected chi connectivity index (χ2v) is 16.1. The number of aromatic hydroxyl groups is 1. The van der Waals surface area contributed by atoms with Crippen LogP contribution in [0.2, 0.25) is 0 Å². The van der Waals surface area contributed by atoms with E-state index in [1.54, 1.807) is 12.1 Å². The van der Waals surface area contributed by atoms with Gasteiger partial charge in [-0.1, -0.05) is 90.5 Å². The Morgan fingerprint density at radius 1 is 0.778 bits per heavy atom. The third kappa shape index (κ3) is 18.9. The first-order chi connectivity index (χ1) is 29.8. The molecule has 0 aliphatic heterocycles. The van der Waals surface area contributed by atoms with E-state index in [0.717, 1.165) is 68.7 Å². The Morgan fingerprint density at radius 2 is 1.37 bits per heavy atom. The van der Waals surface area contributed by atoms with Crippen LogP contribution in [0.1, 0.15) is 120 Å². The van der Waals surface area contributed by atoms with E-state index in [0.29, 0.717) is 55.1 Å². The number of carboxylic acid groups (broad SMARTS) is 2. The number of nitrogens with two attached hydrogens (primary N) is 2.